The molecule has 0 spiro atoms. The molecule has 1 N–H and O–H groups in total. The summed E-state index contributed by atoms with van der Waals surface area (Å²) < 4.78 is 11.7. The molecule has 6 nitrogen and oxygen atoms in total. The summed E-state index contributed by atoms with van der Waals surface area (Å²) in [5.41, 5.74) is 1.65. The number of nitrogens with zero attached hydrogens (tertiary/aromatic N) is 2. The van der Waals surface area contributed by atoms with Gasteiger partial charge in [0.1, 0.15) is 12.4 Å². The molecule has 3 aliphatic rings. The van der Waals surface area contributed by atoms with Gasteiger partial charge in [0.25, 0.3) is 0 Å². The fourth-order valence-corrected chi connectivity index (χ4v) is 5.00. The van der Waals surface area contributed by atoms with Gasteiger partial charge in [-0.25, -0.2) is 9.78 Å². The van der Waals surface area contributed by atoms with Crippen LogP contribution in [0.5, 0.6) is 0 Å². The van der Waals surface area contributed by atoms with Gasteiger partial charge in [0.15, 0.2) is 0 Å². The van der Waals surface area contributed by atoms with Gasteiger partial charge in [-0.3, -0.25) is 4.90 Å². The monoisotopic (exact) mass is 367 g/mol. The number of fused-ring (bicyclic) bond motifs is 1. The number of amides is 1. The van der Waals surface area contributed by atoms with E-state index in [1.54, 1.807) is 6.26 Å². The smallest absolute Gasteiger partial charge is 0.411 e. The zero-order chi connectivity index (χ0) is 18.4. The van der Waals surface area contributed by atoms with E-state index in [2.05, 4.69) is 22.4 Å². The first-order valence-electron chi connectivity index (χ1n) is 9.83. The molecule has 142 valence electrons. The van der Waals surface area contributed by atoms with Gasteiger partial charge < -0.3 is 14.5 Å². The molecule has 27 heavy (non-hydrogen) atoms. The lowest BCUT2D eigenvalue weighted by molar-refractivity contribution is -0.0297. The maximum Gasteiger partial charge on any atom is 0.411 e. The molecule has 0 radical (unpaired) electrons. The number of piperidine rings is 1. The maximum absolute atomic E-state index is 13.0. The van der Waals surface area contributed by atoms with Crippen molar-refractivity contribution in [2.75, 3.05) is 13.1 Å². The lowest BCUT2D eigenvalue weighted by atomic mass is 9.63. The molecule has 0 bridgehead atoms. The number of aromatic nitrogens is 1. The molecule has 0 unspecified atom stereocenters. The van der Waals surface area contributed by atoms with Crippen molar-refractivity contribution >= 4 is 6.09 Å². The Kier molecular flexibility index (Phi) is 3.97. The number of ether oxygens (including phenoxy) is 1. The van der Waals surface area contributed by atoms with Crippen LogP contribution in [0.2, 0.25) is 0 Å². The molecule has 1 aromatic carbocycles. The van der Waals surface area contributed by atoms with Crippen molar-refractivity contribution in [3.05, 3.63) is 53.7 Å². The molecule has 1 aromatic heterocycles. The molecule has 6 heteroatoms. The van der Waals surface area contributed by atoms with E-state index in [4.69, 9.17) is 9.15 Å². The number of benzene rings is 1. The van der Waals surface area contributed by atoms with Gasteiger partial charge in [0.05, 0.1) is 17.2 Å². The van der Waals surface area contributed by atoms with Gasteiger partial charge in [-0.1, -0.05) is 36.8 Å². The van der Waals surface area contributed by atoms with Crippen LogP contribution < -0.4 is 5.32 Å². The second kappa shape index (κ2) is 6.37. The Morgan fingerprint density at radius 2 is 2.11 bits per heavy atom. The number of carbonyl (C=O) groups is 1. The highest BCUT2D eigenvalue weighted by molar-refractivity contribution is 5.73. The van der Waals surface area contributed by atoms with Gasteiger partial charge in [-0.05, 0) is 31.2 Å². The summed E-state index contributed by atoms with van der Waals surface area (Å²) in [4.78, 5) is 19.5. The summed E-state index contributed by atoms with van der Waals surface area (Å²) >= 11 is 0. The van der Waals surface area contributed by atoms with Crippen molar-refractivity contribution in [3.63, 3.8) is 0 Å². The number of carbonyl (C=O) groups excluding carboxylic acids is 1. The standard InChI is InChI=1S/C21H25N3O3/c1-14-12-26-19(23-14)17-10-22-13-21(16-8-5-9-16)18(17)27-20(25)24(21)11-15-6-3-2-4-7-15/h2-4,6-7,12,16-18,22H,5,8-11,13H2,1H3/t17-,18-,21-/m1/s1. The van der Waals surface area contributed by atoms with Gasteiger partial charge in [-0.15, -0.1) is 0 Å². The first-order chi connectivity index (χ1) is 13.2. The summed E-state index contributed by atoms with van der Waals surface area (Å²) in [5.74, 6) is 1.06. The fourth-order valence-electron chi connectivity index (χ4n) is 5.00. The summed E-state index contributed by atoms with van der Waals surface area (Å²) in [7, 11) is 0. The van der Waals surface area contributed by atoms with Gasteiger partial charge in [0, 0.05) is 19.6 Å². The summed E-state index contributed by atoms with van der Waals surface area (Å²) in [6, 6.07) is 10.2. The largest absolute Gasteiger partial charge is 0.448 e. The van der Waals surface area contributed by atoms with Crippen LogP contribution in [0.1, 0.15) is 42.3 Å². The van der Waals surface area contributed by atoms with Gasteiger partial charge in [0.2, 0.25) is 5.89 Å². The van der Waals surface area contributed by atoms with E-state index < -0.39 is 0 Å². The second-order valence-corrected chi connectivity index (χ2v) is 8.06. The Labute approximate surface area is 158 Å². The average molecular weight is 367 g/mol. The maximum atomic E-state index is 13.0. The number of aryl methyl sites for hydroxylation is 1. The van der Waals surface area contributed by atoms with E-state index in [9.17, 15) is 4.79 Å². The lowest BCUT2D eigenvalue weighted by Gasteiger charge is -2.52. The molecule has 3 atom stereocenters. The van der Waals surface area contributed by atoms with E-state index in [0.717, 1.165) is 30.6 Å². The van der Waals surface area contributed by atoms with Crippen LogP contribution in [0, 0.1) is 12.8 Å². The van der Waals surface area contributed by atoms with Crippen molar-refractivity contribution in [1.82, 2.24) is 15.2 Å². The molecule has 1 saturated carbocycles. The predicted octanol–water partition coefficient (Wildman–Crippen LogP) is 3.23. The average Bonchev–Trinajstić information content (AvgIpc) is 3.17. The summed E-state index contributed by atoms with van der Waals surface area (Å²) in [5, 5.41) is 3.57. The number of rotatable bonds is 4. The van der Waals surface area contributed by atoms with E-state index in [1.807, 2.05) is 30.0 Å². The number of hydrogen-bond acceptors (Lipinski definition) is 5. The molecule has 5 rings (SSSR count). The van der Waals surface area contributed by atoms with Crippen LogP contribution in [-0.4, -0.2) is 40.7 Å². The Bertz CT molecular complexity index is 832. The minimum Gasteiger partial charge on any atom is -0.448 e. The normalized spacial score (nSPS) is 30.7. The highest BCUT2D eigenvalue weighted by Gasteiger charge is 2.64. The molecule has 1 amide bonds. The van der Waals surface area contributed by atoms with Crippen LogP contribution >= 0.6 is 0 Å². The summed E-state index contributed by atoms with van der Waals surface area (Å²) in [6.07, 6.45) is 4.73. The molecule has 2 aliphatic heterocycles. The fraction of sp³-hybridized carbons (Fsp3) is 0.524. The third kappa shape index (κ3) is 2.57. The first-order valence-corrected chi connectivity index (χ1v) is 9.83. The molecule has 3 fully saturated rings. The topological polar surface area (TPSA) is 67.6 Å². The third-order valence-corrected chi connectivity index (χ3v) is 6.53. The Morgan fingerprint density at radius 1 is 1.30 bits per heavy atom. The molecule has 2 aromatic rings. The van der Waals surface area contributed by atoms with E-state index in [1.165, 1.54) is 6.42 Å². The van der Waals surface area contributed by atoms with Crippen LogP contribution in [0.25, 0.3) is 0 Å². The van der Waals surface area contributed by atoms with E-state index >= 15 is 0 Å². The molecular formula is C21H25N3O3. The van der Waals surface area contributed by atoms with Crippen molar-refractivity contribution in [2.45, 2.75) is 50.3 Å². The second-order valence-electron chi connectivity index (χ2n) is 8.06. The van der Waals surface area contributed by atoms with E-state index in [0.29, 0.717) is 24.9 Å². The highest BCUT2D eigenvalue weighted by Crippen LogP contribution is 2.51. The molecule has 3 heterocycles. The zero-order valence-electron chi connectivity index (χ0n) is 15.6. The quantitative estimate of drug-likeness (QED) is 0.899. The van der Waals surface area contributed by atoms with Crippen molar-refractivity contribution in [2.24, 2.45) is 5.92 Å². The SMILES string of the molecule is Cc1coc([C@@H]2CNC[C@@]3(C4CCC4)[C@@H]2OC(=O)N3Cc2ccccc2)n1. The first kappa shape index (κ1) is 16.8. The Balaban J connectivity index is 1.53. The van der Waals surface area contributed by atoms with Crippen LogP contribution in [0.15, 0.2) is 41.0 Å². The van der Waals surface area contributed by atoms with Crippen molar-refractivity contribution in [1.29, 1.82) is 0 Å². The van der Waals surface area contributed by atoms with Gasteiger partial charge in [-0.2, -0.15) is 0 Å². The van der Waals surface area contributed by atoms with Gasteiger partial charge >= 0.3 is 6.09 Å². The molecule has 2 saturated heterocycles. The number of oxazole rings is 1. The Morgan fingerprint density at radius 3 is 2.78 bits per heavy atom. The van der Waals surface area contributed by atoms with Crippen LogP contribution in [-0.2, 0) is 11.3 Å². The lowest BCUT2D eigenvalue weighted by Crippen LogP contribution is -2.68. The molecular weight excluding hydrogens is 342 g/mol. The third-order valence-electron chi connectivity index (χ3n) is 6.53. The summed E-state index contributed by atoms with van der Waals surface area (Å²) in [6.45, 7) is 3.97. The minimum absolute atomic E-state index is 0.0576. The number of hydrogen-bond donors (Lipinski definition) is 1. The Hall–Kier alpha value is -2.34. The van der Waals surface area contributed by atoms with Crippen molar-refractivity contribution < 1.29 is 13.9 Å². The minimum atomic E-state index is -0.337. The number of nitrogens with one attached hydrogen (secondary N) is 1. The van der Waals surface area contributed by atoms with Crippen LogP contribution in [0.3, 0.4) is 0 Å². The van der Waals surface area contributed by atoms with E-state index in [-0.39, 0.29) is 23.7 Å². The zero-order valence-corrected chi connectivity index (χ0v) is 15.6. The highest BCUT2D eigenvalue weighted by atomic mass is 16.6. The van der Waals surface area contributed by atoms with Crippen molar-refractivity contribution in [3.8, 4) is 0 Å². The molecule has 1 aliphatic carbocycles. The van der Waals surface area contributed by atoms with Crippen LogP contribution in [0.4, 0.5) is 4.79 Å². The predicted molar refractivity (Wildman–Crippen MR) is 99.2 cm³/mol.